The summed E-state index contributed by atoms with van der Waals surface area (Å²) in [5.74, 6) is -0.464. The maximum absolute atomic E-state index is 15.1. The van der Waals surface area contributed by atoms with Gasteiger partial charge < -0.3 is 26.0 Å². The number of ether oxygens (including phenoxy) is 1. The summed E-state index contributed by atoms with van der Waals surface area (Å²) in [6.45, 7) is 0.212. The highest BCUT2D eigenvalue weighted by molar-refractivity contribution is 6.30. The monoisotopic (exact) mass is 565 g/mol. The molecular formula is C30H33ClFN5O3. The van der Waals surface area contributed by atoms with Crippen LogP contribution in [0.4, 0.5) is 20.6 Å². The topological polar surface area (TPSA) is 110 Å². The van der Waals surface area contributed by atoms with Crippen LogP contribution in [0.2, 0.25) is 5.02 Å². The molecule has 40 heavy (non-hydrogen) atoms. The first-order valence-corrected chi connectivity index (χ1v) is 13.8. The number of likely N-dealkylation sites (tertiary alicyclic amines) is 1. The average molecular weight is 566 g/mol. The number of nitrogens with one attached hydrogen (secondary N) is 2. The maximum Gasteiger partial charge on any atom is 0.322 e. The van der Waals surface area contributed by atoms with Gasteiger partial charge in [-0.15, -0.1) is 0 Å². The minimum absolute atomic E-state index is 0.00129. The molecular weight excluding hydrogens is 533 g/mol. The van der Waals surface area contributed by atoms with Crippen molar-refractivity contribution < 1.29 is 18.7 Å². The molecule has 3 amide bonds. The lowest BCUT2D eigenvalue weighted by molar-refractivity contribution is -0.119. The van der Waals surface area contributed by atoms with Crippen molar-refractivity contribution in [2.24, 2.45) is 11.7 Å². The van der Waals surface area contributed by atoms with Gasteiger partial charge in [-0.3, -0.25) is 9.78 Å². The molecule has 8 nitrogen and oxygen atoms in total. The number of rotatable bonds is 9. The molecule has 0 bridgehead atoms. The van der Waals surface area contributed by atoms with Crippen molar-refractivity contribution >= 4 is 34.9 Å². The van der Waals surface area contributed by atoms with Gasteiger partial charge in [-0.25, -0.2) is 9.18 Å². The Bertz CT molecular complexity index is 1360. The molecule has 1 saturated heterocycles. The normalized spacial score (nSPS) is 20.1. The fraction of sp³-hybridized carbons (Fsp3) is 0.367. The number of carbonyl (C=O) groups excluding carboxylic acids is 2. The van der Waals surface area contributed by atoms with E-state index in [0.29, 0.717) is 34.3 Å². The Morgan fingerprint density at radius 3 is 2.60 bits per heavy atom. The van der Waals surface area contributed by atoms with E-state index in [1.54, 1.807) is 42.6 Å². The molecule has 1 aliphatic carbocycles. The predicted octanol–water partition coefficient (Wildman–Crippen LogP) is 5.53. The average Bonchev–Trinajstić information content (AvgIpc) is 3.70. The standard InChI is InChI=1S/C30H33ClFN5O3/c1-40-23-17-26(37(18-23)29(39)35-22-10-8-21(31)9-11-22)28(38)36-25-16-20(7-12-24(25)32)30(33,14-13-19-5-6-19)27-4-2-3-15-34-27/h2-4,7-12,15-16,19,23,26H,5-6,13-14,17-18,33H2,1H3,(H,35,39)(H,36,38)/t23-,26-,30?/m1/s1. The number of nitrogens with two attached hydrogens (primary N) is 1. The first-order valence-electron chi connectivity index (χ1n) is 13.4. The molecule has 5 rings (SSSR count). The van der Waals surface area contributed by atoms with Gasteiger partial charge in [0.05, 0.1) is 23.0 Å². The Labute approximate surface area is 238 Å². The predicted molar refractivity (Wildman–Crippen MR) is 153 cm³/mol. The number of pyridine rings is 1. The van der Waals surface area contributed by atoms with Gasteiger partial charge in [0.15, 0.2) is 0 Å². The van der Waals surface area contributed by atoms with Crippen molar-refractivity contribution in [2.75, 3.05) is 24.3 Å². The van der Waals surface area contributed by atoms with Crippen molar-refractivity contribution in [3.8, 4) is 0 Å². The summed E-state index contributed by atoms with van der Waals surface area (Å²) >= 11 is 5.94. The van der Waals surface area contributed by atoms with E-state index >= 15 is 4.39 Å². The van der Waals surface area contributed by atoms with Crippen LogP contribution in [0.3, 0.4) is 0 Å². The molecule has 3 atom stereocenters. The molecule has 1 aromatic heterocycles. The maximum atomic E-state index is 15.1. The highest BCUT2D eigenvalue weighted by Crippen LogP contribution is 2.40. The third-order valence-electron chi connectivity index (χ3n) is 7.76. The Kier molecular flexibility index (Phi) is 8.35. The van der Waals surface area contributed by atoms with Gasteiger partial charge in [0, 0.05) is 37.0 Å². The third-order valence-corrected chi connectivity index (χ3v) is 8.01. The summed E-state index contributed by atoms with van der Waals surface area (Å²) in [6.07, 6.45) is 5.58. The Morgan fingerprint density at radius 2 is 1.93 bits per heavy atom. The highest BCUT2D eigenvalue weighted by atomic mass is 35.5. The smallest absolute Gasteiger partial charge is 0.322 e. The molecule has 2 heterocycles. The van der Waals surface area contributed by atoms with Crippen molar-refractivity contribution in [2.45, 2.75) is 49.8 Å². The van der Waals surface area contributed by atoms with Crippen molar-refractivity contribution in [3.05, 3.63) is 89.0 Å². The molecule has 2 aromatic carbocycles. The van der Waals surface area contributed by atoms with Gasteiger partial charge >= 0.3 is 6.03 Å². The molecule has 210 valence electrons. The molecule has 1 unspecified atom stereocenters. The number of amides is 3. The molecule has 1 aliphatic heterocycles. The van der Waals surface area contributed by atoms with Crippen molar-refractivity contribution in [1.82, 2.24) is 9.88 Å². The van der Waals surface area contributed by atoms with E-state index in [0.717, 1.165) is 6.42 Å². The third kappa shape index (κ3) is 6.27. The van der Waals surface area contributed by atoms with E-state index in [2.05, 4.69) is 15.6 Å². The molecule has 2 aliphatic rings. The van der Waals surface area contributed by atoms with E-state index in [-0.39, 0.29) is 24.8 Å². The Hall–Kier alpha value is -3.53. The molecule has 2 fully saturated rings. The van der Waals surface area contributed by atoms with E-state index in [4.69, 9.17) is 22.1 Å². The molecule has 3 aromatic rings. The van der Waals surface area contributed by atoms with Crippen LogP contribution in [0.1, 0.15) is 43.4 Å². The van der Waals surface area contributed by atoms with Crippen LogP contribution in [0.25, 0.3) is 0 Å². The fourth-order valence-corrected chi connectivity index (χ4v) is 5.30. The summed E-state index contributed by atoms with van der Waals surface area (Å²) < 4.78 is 20.5. The number of halogens is 2. The summed E-state index contributed by atoms with van der Waals surface area (Å²) in [6, 6.07) is 15.4. The summed E-state index contributed by atoms with van der Waals surface area (Å²) in [5, 5.41) is 6.04. The van der Waals surface area contributed by atoms with Gasteiger partial charge in [0.1, 0.15) is 11.9 Å². The zero-order chi connectivity index (χ0) is 28.3. The van der Waals surface area contributed by atoms with Crippen LogP contribution in [-0.2, 0) is 15.1 Å². The lowest BCUT2D eigenvalue weighted by Gasteiger charge is -2.30. The van der Waals surface area contributed by atoms with E-state index in [9.17, 15) is 9.59 Å². The minimum atomic E-state index is -0.948. The SMILES string of the molecule is CO[C@@H]1C[C@H](C(=O)Nc2cc(C(N)(CCC3CC3)c3ccccn3)ccc2F)N(C(=O)Nc2ccc(Cl)cc2)C1. The quantitative estimate of drug-likeness (QED) is 0.316. The van der Waals surface area contributed by atoms with Gasteiger partial charge in [-0.05, 0) is 72.9 Å². The number of benzene rings is 2. The van der Waals surface area contributed by atoms with Gasteiger partial charge in [0.25, 0.3) is 0 Å². The van der Waals surface area contributed by atoms with Crippen molar-refractivity contribution in [1.29, 1.82) is 0 Å². The second kappa shape index (κ2) is 11.9. The van der Waals surface area contributed by atoms with Gasteiger partial charge in [0.2, 0.25) is 5.91 Å². The number of anilines is 2. The van der Waals surface area contributed by atoms with Crippen molar-refractivity contribution in [3.63, 3.8) is 0 Å². The highest BCUT2D eigenvalue weighted by Gasteiger charge is 2.40. The number of hydrogen-bond donors (Lipinski definition) is 3. The number of methoxy groups -OCH3 is 1. The van der Waals surface area contributed by atoms with E-state index < -0.39 is 29.3 Å². The first kappa shape index (κ1) is 28.0. The number of urea groups is 1. The first-order chi connectivity index (χ1) is 19.3. The van der Waals surface area contributed by atoms with Crippen LogP contribution in [0.15, 0.2) is 66.9 Å². The Morgan fingerprint density at radius 1 is 1.15 bits per heavy atom. The molecule has 10 heteroatoms. The van der Waals surface area contributed by atoms with Gasteiger partial charge in [-0.1, -0.05) is 36.6 Å². The van der Waals surface area contributed by atoms with Crippen LogP contribution >= 0.6 is 11.6 Å². The van der Waals surface area contributed by atoms with Crippen LogP contribution < -0.4 is 16.4 Å². The number of hydrogen-bond acceptors (Lipinski definition) is 5. The van der Waals surface area contributed by atoms with E-state index in [1.807, 2.05) is 18.2 Å². The minimum Gasteiger partial charge on any atom is -0.380 e. The Balaban J connectivity index is 1.37. The van der Waals surface area contributed by atoms with Gasteiger partial charge in [-0.2, -0.15) is 0 Å². The van der Waals surface area contributed by atoms with Crippen LogP contribution in [0, 0.1) is 11.7 Å². The van der Waals surface area contributed by atoms with E-state index in [1.165, 1.54) is 30.9 Å². The van der Waals surface area contributed by atoms with Crippen LogP contribution in [-0.4, -0.2) is 47.6 Å². The summed E-state index contributed by atoms with van der Waals surface area (Å²) in [5.41, 5.74) is 7.91. The fourth-order valence-electron chi connectivity index (χ4n) is 5.17. The number of aromatic nitrogens is 1. The molecule has 0 radical (unpaired) electrons. The second-order valence-electron chi connectivity index (χ2n) is 10.6. The number of carbonyl (C=O) groups is 2. The molecule has 1 saturated carbocycles. The lowest BCUT2D eigenvalue weighted by atomic mass is 9.82. The largest absolute Gasteiger partial charge is 0.380 e. The molecule has 4 N–H and O–H groups in total. The zero-order valence-electron chi connectivity index (χ0n) is 22.3. The van der Waals surface area contributed by atoms with Crippen LogP contribution in [0.5, 0.6) is 0 Å². The number of nitrogens with zero attached hydrogens (tertiary/aromatic N) is 2. The lowest BCUT2D eigenvalue weighted by Crippen LogP contribution is -2.45. The second-order valence-corrected chi connectivity index (χ2v) is 11.0. The summed E-state index contributed by atoms with van der Waals surface area (Å²) in [7, 11) is 1.53. The zero-order valence-corrected chi connectivity index (χ0v) is 23.0. The summed E-state index contributed by atoms with van der Waals surface area (Å²) in [4.78, 5) is 32.5. The molecule has 0 spiro atoms.